The summed E-state index contributed by atoms with van der Waals surface area (Å²) in [5.41, 5.74) is 1.11. The second-order valence-corrected chi connectivity index (χ2v) is 4.97. The van der Waals surface area contributed by atoms with Gasteiger partial charge in [0.2, 0.25) is 0 Å². The number of rotatable bonds is 2. The van der Waals surface area contributed by atoms with Gasteiger partial charge >= 0.3 is 0 Å². The lowest BCUT2D eigenvalue weighted by Crippen LogP contribution is -2.28. The van der Waals surface area contributed by atoms with E-state index in [1.54, 1.807) is 0 Å². The Morgan fingerprint density at radius 1 is 1.20 bits per heavy atom. The lowest BCUT2D eigenvalue weighted by Gasteiger charge is -2.20. The SMILES string of the molecule is Clc1cccc(CN2C3CCC2CC3)n1. The van der Waals surface area contributed by atoms with Crippen molar-refractivity contribution >= 4 is 11.6 Å². The van der Waals surface area contributed by atoms with Crippen molar-refractivity contribution in [2.24, 2.45) is 0 Å². The van der Waals surface area contributed by atoms with Crippen molar-refractivity contribution in [3.63, 3.8) is 0 Å². The molecule has 0 radical (unpaired) electrons. The van der Waals surface area contributed by atoms with Gasteiger partial charge in [-0.3, -0.25) is 4.90 Å². The maximum atomic E-state index is 5.89. The Hall–Kier alpha value is -0.600. The van der Waals surface area contributed by atoms with E-state index in [1.165, 1.54) is 25.7 Å². The number of pyridine rings is 1. The summed E-state index contributed by atoms with van der Waals surface area (Å²) in [6, 6.07) is 7.53. The first-order chi connectivity index (χ1) is 7.33. The molecule has 2 bridgehead atoms. The van der Waals surface area contributed by atoms with Crippen LogP contribution < -0.4 is 0 Å². The van der Waals surface area contributed by atoms with E-state index in [-0.39, 0.29) is 0 Å². The Bertz CT molecular complexity index is 346. The number of hydrogen-bond donors (Lipinski definition) is 0. The Kier molecular flexibility index (Phi) is 2.41. The predicted molar refractivity (Wildman–Crippen MR) is 60.8 cm³/mol. The second-order valence-electron chi connectivity index (χ2n) is 4.59. The Balaban J connectivity index is 1.75. The van der Waals surface area contributed by atoms with Gasteiger partial charge in [0.15, 0.2) is 0 Å². The van der Waals surface area contributed by atoms with Crippen molar-refractivity contribution in [2.75, 3.05) is 0 Å². The molecule has 0 N–H and O–H groups in total. The maximum Gasteiger partial charge on any atom is 0.129 e. The number of aromatic nitrogens is 1. The molecule has 15 heavy (non-hydrogen) atoms. The monoisotopic (exact) mass is 222 g/mol. The fourth-order valence-corrected chi connectivity index (χ4v) is 3.18. The van der Waals surface area contributed by atoms with Gasteiger partial charge in [-0.15, -0.1) is 0 Å². The second kappa shape index (κ2) is 3.76. The lowest BCUT2D eigenvalue weighted by molar-refractivity contribution is 0.241. The van der Waals surface area contributed by atoms with Crippen LogP contribution in [0.5, 0.6) is 0 Å². The molecule has 1 aromatic rings. The molecule has 3 heterocycles. The molecule has 80 valence electrons. The van der Waals surface area contributed by atoms with E-state index < -0.39 is 0 Å². The highest BCUT2D eigenvalue weighted by atomic mass is 35.5. The van der Waals surface area contributed by atoms with E-state index in [0.29, 0.717) is 5.15 Å². The van der Waals surface area contributed by atoms with E-state index in [9.17, 15) is 0 Å². The molecule has 2 fully saturated rings. The summed E-state index contributed by atoms with van der Waals surface area (Å²) in [5, 5.41) is 0.610. The van der Waals surface area contributed by atoms with Crippen molar-refractivity contribution in [1.29, 1.82) is 0 Å². The molecule has 3 rings (SSSR count). The van der Waals surface area contributed by atoms with Gasteiger partial charge in [0.05, 0.1) is 5.69 Å². The zero-order chi connectivity index (χ0) is 10.3. The Labute approximate surface area is 95.3 Å². The normalized spacial score (nSPS) is 29.9. The summed E-state index contributed by atoms with van der Waals surface area (Å²) in [5.74, 6) is 0. The quantitative estimate of drug-likeness (QED) is 0.716. The molecule has 2 aliphatic rings. The largest absolute Gasteiger partial charge is 0.292 e. The van der Waals surface area contributed by atoms with Crippen LogP contribution in [0.3, 0.4) is 0 Å². The van der Waals surface area contributed by atoms with Crippen LogP contribution in [-0.2, 0) is 6.54 Å². The average molecular weight is 223 g/mol. The third-order valence-corrected chi connectivity index (χ3v) is 3.93. The zero-order valence-electron chi connectivity index (χ0n) is 8.69. The van der Waals surface area contributed by atoms with Gasteiger partial charge in [0.1, 0.15) is 5.15 Å². The summed E-state index contributed by atoms with van der Waals surface area (Å²) in [7, 11) is 0. The molecule has 2 saturated heterocycles. The Morgan fingerprint density at radius 2 is 1.87 bits per heavy atom. The van der Waals surface area contributed by atoms with E-state index in [1.807, 2.05) is 12.1 Å². The van der Waals surface area contributed by atoms with Crippen LogP contribution in [0.25, 0.3) is 0 Å². The van der Waals surface area contributed by atoms with Gasteiger partial charge in [-0.1, -0.05) is 17.7 Å². The summed E-state index contributed by atoms with van der Waals surface area (Å²) in [6.07, 6.45) is 5.52. The molecule has 0 aromatic carbocycles. The summed E-state index contributed by atoms with van der Waals surface area (Å²) in [6.45, 7) is 0.982. The number of nitrogens with zero attached hydrogens (tertiary/aromatic N) is 2. The van der Waals surface area contributed by atoms with Gasteiger partial charge in [-0.25, -0.2) is 4.98 Å². The van der Waals surface area contributed by atoms with Crippen molar-refractivity contribution in [1.82, 2.24) is 9.88 Å². The minimum atomic E-state index is 0.610. The first-order valence-electron chi connectivity index (χ1n) is 5.70. The molecular weight excluding hydrogens is 208 g/mol. The minimum Gasteiger partial charge on any atom is -0.292 e. The zero-order valence-corrected chi connectivity index (χ0v) is 9.45. The molecule has 0 amide bonds. The summed E-state index contributed by atoms with van der Waals surface area (Å²) >= 11 is 5.89. The highest BCUT2D eigenvalue weighted by molar-refractivity contribution is 6.29. The fourth-order valence-electron chi connectivity index (χ4n) is 3.00. The van der Waals surface area contributed by atoms with Crippen LogP contribution in [0.2, 0.25) is 5.15 Å². The molecular formula is C12H15ClN2. The van der Waals surface area contributed by atoms with Crippen molar-refractivity contribution < 1.29 is 0 Å². The average Bonchev–Trinajstić information content (AvgIpc) is 2.78. The standard InChI is InChI=1S/C12H15ClN2/c13-12-3-1-2-9(14-12)8-15-10-4-5-11(15)7-6-10/h1-3,10-11H,4-8H2. The molecule has 0 unspecified atom stereocenters. The third-order valence-electron chi connectivity index (χ3n) is 3.72. The van der Waals surface area contributed by atoms with Gasteiger partial charge in [0.25, 0.3) is 0 Å². The van der Waals surface area contributed by atoms with Gasteiger partial charge in [-0.2, -0.15) is 0 Å². The van der Waals surface area contributed by atoms with Crippen LogP contribution >= 0.6 is 11.6 Å². The van der Waals surface area contributed by atoms with Crippen LogP contribution in [0.1, 0.15) is 31.4 Å². The molecule has 0 saturated carbocycles. The molecule has 2 nitrogen and oxygen atoms in total. The highest BCUT2D eigenvalue weighted by Gasteiger charge is 2.38. The predicted octanol–water partition coefficient (Wildman–Crippen LogP) is 2.86. The molecule has 2 aliphatic heterocycles. The van der Waals surface area contributed by atoms with Crippen molar-refractivity contribution in [3.8, 4) is 0 Å². The smallest absolute Gasteiger partial charge is 0.129 e. The lowest BCUT2D eigenvalue weighted by atomic mass is 10.0. The Morgan fingerprint density at radius 3 is 2.47 bits per heavy atom. The van der Waals surface area contributed by atoms with Crippen LogP contribution in [0.4, 0.5) is 0 Å². The maximum absolute atomic E-state index is 5.89. The first kappa shape index (κ1) is 9.61. The number of fused-ring (bicyclic) bond motifs is 2. The third kappa shape index (κ3) is 1.77. The summed E-state index contributed by atoms with van der Waals surface area (Å²) < 4.78 is 0. The molecule has 3 heteroatoms. The van der Waals surface area contributed by atoms with E-state index in [0.717, 1.165) is 24.3 Å². The molecule has 0 spiro atoms. The van der Waals surface area contributed by atoms with E-state index in [2.05, 4.69) is 16.0 Å². The van der Waals surface area contributed by atoms with E-state index >= 15 is 0 Å². The molecule has 0 aliphatic carbocycles. The van der Waals surface area contributed by atoms with E-state index in [4.69, 9.17) is 11.6 Å². The minimum absolute atomic E-state index is 0.610. The number of halogens is 1. The van der Waals surface area contributed by atoms with Crippen LogP contribution in [0, 0.1) is 0 Å². The summed E-state index contributed by atoms with van der Waals surface area (Å²) in [4.78, 5) is 6.97. The van der Waals surface area contributed by atoms with Crippen molar-refractivity contribution in [2.45, 2.75) is 44.3 Å². The topological polar surface area (TPSA) is 16.1 Å². The van der Waals surface area contributed by atoms with Gasteiger partial charge < -0.3 is 0 Å². The van der Waals surface area contributed by atoms with Gasteiger partial charge in [0, 0.05) is 18.6 Å². The first-order valence-corrected chi connectivity index (χ1v) is 6.08. The van der Waals surface area contributed by atoms with Crippen LogP contribution in [0.15, 0.2) is 18.2 Å². The van der Waals surface area contributed by atoms with Crippen molar-refractivity contribution in [3.05, 3.63) is 29.0 Å². The highest BCUT2D eigenvalue weighted by Crippen LogP contribution is 2.38. The molecule has 0 atom stereocenters. The molecule has 1 aromatic heterocycles. The fraction of sp³-hybridized carbons (Fsp3) is 0.583. The van der Waals surface area contributed by atoms with Crippen LogP contribution in [-0.4, -0.2) is 22.0 Å². The number of hydrogen-bond acceptors (Lipinski definition) is 2. The van der Waals surface area contributed by atoms with Gasteiger partial charge in [-0.05, 0) is 37.8 Å².